The van der Waals surface area contributed by atoms with E-state index in [9.17, 15) is 9.59 Å². The molecule has 3 amide bonds. The Hall–Kier alpha value is -2.30. The molecule has 94 valence electrons. The average Bonchev–Trinajstić information content (AvgIpc) is 2.38. The fourth-order valence-corrected chi connectivity index (χ4v) is 1.59. The zero-order valence-electron chi connectivity index (χ0n) is 10.3. The lowest BCUT2D eigenvalue weighted by Gasteiger charge is -2.30. The minimum absolute atomic E-state index is 0.219. The zero-order chi connectivity index (χ0) is 13.1. The lowest BCUT2D eigenvalue weighted by molar-refractivity contribution is -0.129. The molecular formula is C13H15N3O2. The molecule has 1 heterocycles. The molecule has 1 aliphatic rings. The minimum Gasteiger partial charge on any atom is -0.274 e. The molecule has 1 N–H and O–H groups in total. The van der Waals surface area contributed by atoms with Crippen molar-refractivity contribution in [3.63, 3.8) is 0 Å². The molecule has 0 fully saturated rings. The summed E-state index contributed by atoms with van der Waals surface area (Å²) in [6, 6.07) is 8.94. The number of hydrogen-bond acceptors (Lipinski definition) is 3. The maximum absolute atomic E-state index is 11.8. The number of anilines is 1. The molecule has 1 aromatic rings. The largest absolute Gasteiger partial charge is 0.347 e. The SMILES string of the molecule is CC(C)C(=O)N1C=CN(c2ccccc2)NC1=O. The van der Waals surface area contributed by atoms with E-state index in [-0.39, 0.29) is 11.8 Å². The van der Waals surface area contributed by atoms with Gasteiger partial charge in [0.15, 0.2) is 0 Å². The first-order chi connectivity index (χ1) is 8.59. The fraction of sp³-hybridized carbons (Fsp3) is 0.231. The van der Waals surface area contributed by atoms with Crippen molar-refractivity contribution in [3.8, 4) is 0 Å². The van der Waals surface area contributed by atoms with E-state index in [0.717, 1.165) is 10.6 Å². The van der Waals surface area contributed by atoms with Gasteiger partial charge in [-0.05, 0) is 12.1 Å². The number of benzene rings is 1. The van der Waals surface area contributed by atoms with E-state index in [1.54, 1.807) is 25.1 Å². The normalized spacial score (nSPS) is 14.9. The summed E-state index contributed by atoms with van der Waals surface area (Å²) in [5.74, 6) is -0.444. The van der Waals surface area contributed by atoms with Crippen molar-refractivity contribution in [1.82, 2.24) is 10.3 Å². The molecule has 1 aliphatic heterocycles. The number of para-hydroxylation sites is 1. The van der Waals surface area contributed by atoms with Crippen LogP contribution < -0.4 is 10.4 Å². The smallest absolute Gasteiger partial charge is 0.274 e. The van der Waals surface area contributed by atoms with Gasteiger partial charge in [0.05, 0.1) is 5.69 Å². The average molecular weight is 245 g/mol. The molecule has 0 atom stereocenters. The van der Waals surface area contributed by atoms with E-state index >= 15 is 0 Å². The Kier molecular flexibility index (Phi) is 3.32. The van der Waals surface area contributed by atoms with Gasteiger partial charge >= 0.3 is 6.03 Å². The van der Waals surface area contributed by atoms with Crippen LogP contribution >= 0.6 is 0 Å². The molecule has 0 aliphatic carbocycles. The Morgan fingerprint density at radius 1 is 1.17 bits per heavy atom. The number of hydrazine groups is 1. The monoisotopic (exact) mass is 245 g/mol. The Balaban J connectivity index is 2.17. The number of urea groups is 1. The van der Waals surface area contributed by atoms with Gasteiger partial charge in [0.2, 0.25) is 5.91 Å². The standard InChI is InChI=1S/C13H15N3O2/c1-10(2)12(17)15-8-9-16(14-13(15)18)11-6-4-3-5-7-11/h3-10H,1-2H3,(H,14,18). The van der Waals surface area contributed by atoms with Gasteiger partial charge in [-0.25, -0.2) is 15.1 Å². The molecule has 5 nitrogen and oxygen atoms in total. The Morgan fingerprint density at radius 3 is 2.39 bits per heavy atom. The van der Waals surface area contributed by atoms with E-state index < -0.39 is 6.03 Å². The van der Waals surface area contributed by atoms with E-state index in [2.05, 4.69) is 5.43 Å². The van der Waals surface area contributed by atoms with Crippen LogP contribution in [0.1, 0.15) is 13.8 Å². The summed E-state index contributed by atoms with van der Waals surface area (Å²) < 4.78 is 0. The summed E-state index contributed by atoms with van der Waals surface area (Å²) in [7, 11) is 0. The van der Waals surface area contributed by atoms with E-state index in [4.69, 9.17) is 0 Å². The minimum atomic E-state index is -0.444. The van der Waals surface area contributed by atoms with Crippen LogP contribution in [0.4, 0.5) is 10.5 Å². The number of hydrogen-bond donors (Lipinski definition) is 1. The van der Waals surface area contributed by atoms with Crippen molar-refractivity contribution < 1.29 is 9.59 Å². The van der Waals surface area contributed by atoms with Gasteiger partial charge in [0.25, 0.3) is 0 Å². The second kappa shape index (κ2) is 4.91. The van der Waals surface area contributed by atoms with Gasteiger partial charge < -0.3 is 0 Å². The van der Waals surface area contributed by atoms with Crippen LogP contribution in [0.2, 0.25) is 0 Å². The summed E-state index contributed by atoms with van der Waals surface area (Å²) in [6.07, 6.45) is 3.13. The first-order valence-electron chi connectivity index (χ1n) is 5.76. The summed E-state index contributed by atoms with van der Waals surface area (Å²) in [5.41, 5.74) is 3.46. The van der Waals surface area contributed by atoms with Gasteiger partial charge in [0.1, 0.15) is 0 Å². The number of rotatable bonds is 2. The summed E-state index contributed by atoms with van der Waals surface area (Å²) in [4.78, 5) is 24.7. The number of nitrogens with one attached hydrogen (secondary N) is 1. The van der Waals surface area contributed by atoms with Crippen molar-refractivity contribution in [1.29, 1.82) is 0 Å². The van der Waals surface area contributed by atoms with Gasteiger partial charge in [-0.15, -0.1) is 0 Å². The van der Waals surface area contributed by atoms with Crippen molar-refractivity contribution in [2.45, 2.75) is 13.8 Å². The maximum Gasteiger partial charge on any atom is 0.347 e. The molecule has 0 spiro atoms. The van der Waals surface area contributed by atoms with Crippen molar-refractivity contribution in [3.05, 3.63) is 42.7 Å². The van der Waals surface area contributed by atoms with Crippen LogP contribution in [0.3, 0.4) is 0 Å². The van der Waals surface area contributed by atoms with Crippen molar-refractivity contribution >= 4 is 17.6 Å². The van der Waals surface area contributed by atoms with E-state index in [0.29, 0.717) is 0 Å². The quantitative estimate of drug-likeness (QED) is 0.868. The van der Waals surface area contributed by atoms with E-state index in [1.165, 1.54) is 6.20 Å². The molecule has 18 heavy (non-hydrogen) atoms. The maximum atomic E-state index is 11.8. The van der Waals surface area contributed by atoms with Crippen molar-refractivity contribution in [2.24, 2.45) is 5.92 Å². The first kappa shape index (κ1) is 12.2. The first-order valence-corrected chi connectivity index (χ1v) is 5.76. The highest BCUT2D eigenvalue weighted by atomic mass is 16.2. The highest BCUT2D eigenvalue weighted by Gasteiger charge is 2.26. The summed E-state index contributed by atoms with van der Waals surface area (Å²) in [5, 5.41) is 1.58. The van der Waals surface area contributed by atoms with Gasteiger partial charge in [-0.2, -0.15) is 0 Å². The molecule has 5 heteroatoms. The van der Waals surface area contributed by atoms with Crippen molar-refractivity contribution in [2.75, 3.05) is 5.01 Å². The van der Waals surface area contributed by atoms with Gasteiger partial charge in [-0.1, -0.05) is 32.0 Å². The highest BCUT2D eigenvalue weighted by molar-refractivity contribution is 5.97. The fourth-order valence-electron chi connectivity index (χ4n) is 1.59. The second-order valence-electron chi connectivity index (χ2n) is 4.28. The number of carbonyl (C=O) groups is 2. The number of amides is 3. The predicted octanol–water partition coefficient (Wildman–Crippen LogP) is 2.09. The zero-order valence-corrected chi connectivity index (χ0v) is 10.3. The molecule has 2 rings (SSSR count). The third kappa shape index (κ3) is 2.34. The Bertz CT molecular complexity index is 482. The van der Waals surface area contributed by atoms with Gasteiger partial charge in [0, 0.05) is 18.3 Å². The summed E-state index contributed by atoms with van der Waals surface area (Å²) in [6.45, 7) is 3.51. The third-order valence-corrected chi connectivity index (χ3v) is 2.57. The van der Waals surface area contributed by atoms with Crippen LogP contribution in [0.5, 0.6) is 0 Å². The predicted molar refractivity (Wildman–Crippen MR) is 68.3 cm³/mol. The Labute approximate surface area is 106 Å². The van der Waals surface area contributed by atoms with Gasteiger partial charge in [-0.3, -0.25) is 9.80 Å². The highest BCUT2D eigenvalue weighted by Crippen LogP contribution is 2.15. The molecule has 0 saturated carbocycles. The third-order valence-electron chi connectivity index (χ3n) is 2.57. The van der Waals surface area contributed by atoms with Crippen LogP contribution in [0.15, 0.2) is 42.7 Å². The molecule has 0 radical (unpaired) electrons. The molecule has 0 aromatic heterocycles. The molecule has 0 unspecified atom stereocenters. The lowest BCUT2D eigenvalue weighted by atomic mass is 10.2. The van der Waals surface area contributed by atoms with E-state index in [1.807, 2.05) is 30.3 Å². The summed E-state index contributed by atoms with van der Waals surface area (Å²) >= 11 is 0. The molecule has 0 bridgehead atoms. The molecule has 0 saturated heterocycles. The number of imide groups is 1. The van der Waals surface area contributed by atoms with Crippen LogP contribution in [0, 0.1) is 5.92 Å². The van der Waals surface area contributed by atoms with Crippen LogP contribution in [0.25, 0.3) is 0 Å². The lowest BCUT2D eigenvalue weighted by Crippen LogP contribution is -2.51. The van der Waals surface area contributed by atoms with Crippen LogP contribution in [-0.2, 0) is 4.79 Å². The van der Waals surface area contributed by atoms with Crippen LogP contribution in [-0.4, -0.2) is 16.8 Å². The number of carbonyl (C=O) groups excluding carboxylic acids is 2. The second-order valence-corrected chi connectivity index (χ2v) is 4.28. The number of nitrogens with zero attached hydrogens (tertiary/aromatic N) is 2. The molecule has 1 aromatic carbocycles. The molecular weight excluding hydrogens is 230 g/mol. The Morgan fingerprint density at radius 2 is 1.83 bits per heavy atom. The topological polar surface area (TPSA) is 52.7 Å².